The van der Waals surface area contributed by atoms with E-state index in [4.69, 9.17) is 16.2 Å². The molecule has 1 aliphatic rings. The Kier molecular flexibility index (Phi) is 6.47. The second kappa shape index (κ2) is 7.63. The topological polar surface area (TPSA) is 90.4 Å². The van der Waals surface area contributed by atoms with Crippen LogP contribution in [0.1, 0.15) is 39.0 Å². The molecule has 1 amide bonds. The number of carbonyl (C=O) groups excluding carboxylic acids is 1. The van der Waals surface area contributed by atoms with Crippen LogP contribution in [0, 0.1) is 0 Å². The van der Waals surface area contributed by atoms with Crippen LogP contribution in [0.15, 0.2) is 0 Å². The fourth-order valence-electron chi connectivity index (χ4n) is 2.07. The van der Waals surface area contributed by atoms with Crippen molar-refractivity contribution >= 4 is 5.91 Å². The first-order valence-electron chi connectivity index (χ1n) is 6.57. The maximum absolute atomic E-state index is 11.9. The summed E-state index contributed by atoms with van der Waals surface area (Å²) in [6.07, 6.45) is 4.47. The Balaban J connectivity index is 2.32. The molecule has 3 atom stereocenters. The van der Waals surface area contributed by atoms with Gasteiger partial charge in [0.15, 0.2) is 0 Å². The van der Waals surface area contributed by atoms with Gasteiger partial charge in [-0.1, -0.05) is 19.8 Å². The Morgan fingerprint density at radius 1 is 1.47 bits per heavy atom. The number of hydrogen-bond acceptors (Lipinski definition) is 4. The van der Waals surface area contributed by atoms with Crippen molar-refractivity contribution < 1.29 is 9.53 Å². The zero-order chi connectivity index (χ0) is 12.7. The second-order valence-electron chi connectivity index (χ2n) is 4.64. The van der Waals surface area contributed by atoms with Gasteiger partial charge in [-0.05, 0) is 19.3 Å². The van der Waals surface area contributed by atoms with E-state index in [2.05, 4.69) is 12.2 Å². The van der Waals surface area contributed by atoms with Gasteiger partial charge in [0, 0.05) is 19.1 Å². The standard InChI is InChI=1S/C12H25N3O2/c1-2-3-4-9(7-13)15-12(16)11-6-5-10(8-14)17-11/h9-11H,2-8,13-14H2,1H3,(H,15,16)/t9?,10-,11+/m1/s1. The molecule has 5 N–H and O–H groups in total. The molecule has 1 rings (SSSR count). The number of ether oxygens (including phenoxy) is 1. The maximum atomic E-state index is 11.9. The molecule has 0 bridgehead atoms. The number of nitrogens with two attached hydrogens (primary N) is 2. The number of nitrogens with one attached hydrogen (secondary N) is 1. The van der Waals surface area contributed by atoms with Crippen molar-refractivity contribution in [2.24, 2.45) is 11.5 Å². The van der Waals surface area contributed by atoms with E-state index in [0.717, 1.165) is 32.1 Å². The van der Waals surface area contributed by atoms with Crippen LogP contribution in [-0.4, -0.2) is 37.2 Å². The van der Waals surface area contributed by atoms with E-state index in [0.29, 0.717) is 13.1 Å². The van der Waals surface area contributed by atoms with Crippen molar-refractivity contribution in [1.29, 1.82) is 0 Å². The van der Waals surface area contributed by atoms with Crippen LogP contribution in [0.4, 0.5) is 0 Å². The minimum atomic E-state index is -0.334. The highest BCUT2D eigenvalue weighted by Gasteiger charge is 2.30. The summed E-state index contributed by atoms with van der Waals surface area (Å²) in [4.78, 5) is 11.9. The van der Waals surface area contributed by atoms with E-state index in [-0.39, 0.29) is 24.2 Å². The lowest BCUT2D eigenvalue weighted by Gasteiger charge is -2.19. The zero-order valence-corrected chi connectivity index (χ0v) is 10.7. The molecule has 0 radical (unpaired) electrons. The molecule has 0 aromatic carbocycles. The highest BCUT2D eigenvalue weighted by molar-refractivity contribution is 5.81. The maximum Gasteiger partial charge on any atom is 0.249 e. The smallest absolute Gasteiger partial charge is 0.249 e. The first-order chi connectivity index (χ1) is 8.21. The van der Waals surface area contributed by atoms with Crippen molar-refractivity contribution in [2.75, 3.05) is 13.1 Å². The molecular weight excluding hydrogens is 218 g/mol. The predicted molar refractivity (Wildman–Crippen MR) is 67.5 cm³/mol. The summed E-state index contributed by atoms with van der Waals surface area (Å²) in [5.74, 6) is -0.0347. The molecule has 0 saturated carbocycles. The van der Waals surface area contributed by atoms with E-state index < -0.39 is 0 Å². The molecule has 1 fully saturated rings. The van der Waals surface area contributed by atoms with Crippen LogP contribution in [0.3, 0.4) is 0 Å². The predicted octanol–water partition coefficient (Wildman–Crippen LogP) is 0.126. The van der Waals surface area contributed by atoms with E-state index in [9.17, 15) is 4.79 Å². The third-order valence-corrected chi connectivity index (χ3v) is 3.20. The van der Waals surface area contributed by atoms with Crippen molar-refractivity contribution in [3.63, 3.8) is 0 Å². The number of carbonyl (C=O) groups is 1. The molecule has 0 aliphatic carbocycles. The van der Waals surface area contributed by atoms with Crippen LogP contribution >= 0.6 is 0 Å². The molecule has 1 saturated heterocycles. The monoisotopic (exact) mass is 243 g/mol. The van der Waals surface area contributed by atoms with E-state index >= 15 is 0 Å². The van der Waals surface area contributed by atoms with Crippen LogP contribution in [-0.2, 0) is 9.53 Å². The minimum Gasteiger partial charge on any atom is -0.364 e. The quantitative estimate of drug-likeness (QED) is 0.592. The average Bonchev–Trinajstić information content (AvgIpc) is 2.83. The zero-order valence-electron chi connectivity index (χ0n) is 10.7. The Hall–Kier alpha value is -0.650. The molecule has 1 heterocycles. The van der Waals surface area contributed by atoms with Crippen LogP contribution in [0.25, 0.3) is 0 Å². The lowest BCUT2D eigenvalue weighted by molar-refractivity contribution is -0.132. The second-order valence-corrected chi connectivity index (χ2v) is 4.64. The van der Waals surface area contributed by atoms with E-state index in [1.165, 1.54) is 0 Å². The highest BCUT2D eigenvalue weighted by Crippen LogP contribution is 2.19. The van der Waals surface area contributed by atoms with Gasteiger partial charge in [-0.15, -0.1) is 0 Å². The van der Waals surface area contributed by atoms with Crippen molar-refractivity contribution in [3.8, 4) is 0 Å². The number of unbranched alkanes of at least 4 members (excludes halogenated alkanes) is 1. The molecule has 1 unspecified atom stereocenters. The van der Waals surface area contributed by atoms with Gasteiger partial charge in [0.1, 0.15) is 6.10 Å². The van der Waals surface area contributed by atoms with Gasteiger partial charge in [-0.2, -0.15) is 0 Å². The molecule has 5 nitrogen and oxygen atoms in total. The molecule has 0 spiro atoms. The number of amides is 1. The van der Waals surface area contributed by atoms with Gasteiger partial charge in [-0.25, -0.2) is 0 Å². The summed E-state index contributed by atoms with van der Waals surface area (Å²) in [5.41, 5.74) is 11.2. The normalized spacial score (nSPS) is 25.8. The Bertz CT molecular complexity index is 236. The largest absolute Gasteiger partial charge is 0.364 e. The lowest BCUT2D eigenvalue weighted by atomic mass is 10.1. The molecule has 5 heteroatoms. The third kappa shape index (κ3) is 4.61. The molecule has 0 aromatic rings. The van der Waals surface area contributed by atoms with Gasteiger partial charge in [0.05, 0.1) is 6.10 Å². The highest BCUT2D eigenvalue weighted by atomic mass is 16.5. The van der Waals surface area contributed by atoms with Crippen LogP contribution in [0.2, 0.25) is 0 Å². The number of hydrogen-bond donors (Lipinski definition) is 3. The van der Waals surface area contributed by atoms with Crippen LogP contribution in [0.5, 0.6) is 0 Å². The summed E-state index contributed by atoms with van der Waals surface area (Å²) in [7, 11) is 0. The lowest BCUT2D eigenvalue weighted by Crippen LogP contribution is -2.45. The van der Waals surface area contributed by atoms with E-state index in [1.54, 1.807) is 0 Å². The molecule has 0 aromatic heterocycles. The van der Waals surface area contributed by atoms with Crippen LogP contribution < -0.4 is 16.8 Å². The Morgan fingerprint density at radius 2 is 2.24 bits per heavy atom. The average molecular weight is 243 g/mol. The van der Waals surface area contributed by atoms with Gasteiger partial charge in [0.2, 0.25) is 5.91 Å². The third-order valence-electron chi connectivity index (χ3n) is 3.20. The SMILES string of the molecule is CCCCC(CN)NC(=O)[C@@H]1CC[C@H](CN)O1. The van der Waals surface area contributed by atoms with Gasteiger partial charge in [-0.3, -0.25) is 4.79 Å². The summed E-state index contributed by atoms with van der Waals surface area (Å²) in [5, 5.41) is 2.96. The van der Waals surface area contributed by atoms with Gasteiger partial charge >= 0.3 is 0 Å². The molecule has 17 heavy (non-hydrogen) atoms. The van der Waals surface area contributed by atoms with Crippen molar-refractivity contribution in [2.45, 2.75) is 57.3 Å². The van der Waals surface area contributed by atoms with Crippen molar-refractivity contribution in [1.82, 2.24) is 5.32 Å². The minimum absolute atomic E-state index is 0.0347. The summed E-state index contributed by atoms with van der Waals surface area (Å²) in [6.45, 7) is 3.10. The summed E-state index contributed by atoms with van der Waals surface area (Å²) >= 11 is 0. The van der Waals surface area contributed by atoms with E-state index in [1.807, 2.05) is 0 Å². The number of rotatable bonds is 7. The summed E-state index contributed by atoms with van der Waals surface area (Å²) in [6, 6.07) is 0.0722. The van der Waals surface area contributed by atoms with Gasteiger partial charge < -0.3 is 21.5 Å². The first-order valence-corrected chi connectivity index (χ1v) is 6.57. The van der Waals surface area contributed by atoms with Gasteiger partial charge in [0.25, 0.3) is 0 Å². The molecular formula is C12H25N3O2. The van der Waals surface area contributed by atoms with Crippen molar-refractivity contribution in [3.05, 3.63) is 0 Å². The Labute approximate surface area is 103 Å². The molecule has 1 aliphatic heterocycles. The summed E-state index contributed by atoms with van der Waals surface area (Å²) < 4.78 is 5.54. The first kappa shape index (κ1) is 14.4. The molecule has 100 valence electrons. The fraction of sp³-hybridized carbons (Fsp3) is 0.917. The Morgan fingerprint density at radius 3 is 2.76 bits per heavy atom. The fourth-order valence-corrected chi connectivity index (χ4v) is 2.07.